The van der Waals surface area contributed by atoms with E-state index in [1.807, 2.05) is 37.3 Å². The summed E-state index contributed by atoms with van der Waals surface area (Å²) in [6.45, 7) is 4.02. The average Bonchev–Trinajstić information content (AvgIpc) is 2.52. The number of hydrogen-bond donors (Lipinski definition) is 3. The van der Waals surface area contributed by atoms with Crippen LogP contribution in [0.5, 0.6) is 0 Å². The minimum Gasteiger partial charge on any atom is -0.351 e. The molecule has 0 fully saturated rings. The third kappa shape index (κ3) is 4.72. The van der Waals surface area contributed by atoms with E-state index >= 15 is 0 Å². The second-order valence-electron chi connectivity index (χ2n) is 4.59. The van der Waals surface area contributed by atoms with E-state index in [1.165, 1.54) is 0 Å². The Morgan fingerprint density at radius 1 is 1.09 bits per heavy atom. The van der Waals surface area contributed by atoms with Gasteiger partial charge in [-0.1, -0.05) is 37.3 Å². The fraction of sp³-hybridized carbons (Fsp3) is 0.250. The summed E-state index contributed by atoms with van der Waals surface area (Å²) in [6.07, 6.45) is 0. The Bertz CT molecular complexity index is 656. The molecule has 1 amide bonds. The molecule has 0 saturated heterocycles. The molecule has 0 unspecified atom stereocenters. The Morgan fingerprint density at radius 3 is 2.45 bits per heavy atom. The van der Waals surface area contributed by atoms with Crippen molar-refractivity contribution >= 4 is 18.3 Å². The van der Waals surface area contributed by atoms with Crippen molar-refractivity contribution in [3.05, 3.63) is 58.4 Å². The number of rotatable bonds is 6. The van der Waals surface area contributed by atoms with Gasteiger partial charge < -0.3 is 15.6 Å². The summed E-state index contributed by atoms with van der Waals surface area (Å²) in [4.78, 5) is 26.7. The van der Waals surface area contributed by atoms with Gasteiger partial charge in [-0.25, -0.2) is 0 Å². The third-order valence-corrected chi connectivity index (χ3v) is 3.08. The van der Waals surface area contributed by atoms with Crippen LogP contribution in [0.3, 0.4) is 0 Å². The largest absolute Gasteiger partial charge is 0.351 e. The van der Waals surface area contributed by atoms with Crippen molar-refractivity contribution in [2.24, 2.45) is 0 Å². The Labute approximate surface area is 135 Å². The maximum absolute atomic E-state index is 12.0. The van der Waals surface area contributed by atoms with Crippen LogP contribution in [-0.2, 0) is 0 Å². The summed E-state index contributed by atoms with van der Waals surface area (Å²) >= 11 is 0. The summed E-state index contributed by atoms with van der Waals surface area (Å²) in [5.74, 6) is -0.353. The van der Waals surface area contributed by atoms with Crippen molar-refractivity contribution < 1.29 is 4.79 Å². The molecule has 1 aromatic carbocycles. The van der Waals surface area contributed by atoms with E-state index in [4.69, 9.17) is 0 Å². The number of pyridine rings is 1. The van der Waals surface area contributed by atoms with Crippen LogP contribution in [-0.4, -0.2) is 30.5 Å². The first-order chi connectivity index (χ1) is 10.2. The van der Waals surface area contributed by atoms with E-state index in [9.17, 15) is 9.59 Å². The highest BCUT2D eigenvalue weighted by Crippen LogP contribution is 2.14. The topological polar surface area (TPSA) is 74.0 Å². The first kappa shape index (κ1) is 17.9. The zero-order valence-electron chi connectivity index (χ0n) is 12.4. The zero-order valence-corrected chi connectivity index (χ0v) is 13.2. The van der Waals surface area contributed by atoms with E-state index in [0.29, 0.717) is 18.8 Å². The maximum Gasteiger partial charge on any atom is 0.261 e. The smallest absolute Gasteiger partial charge is 0.261 e. The molecule has 0 saturated carbocycles. The average molecular weight is 322 g/mol. The van der Waals surface area contributed by atoms with Gasteiger partial charge in [-0.05, 0) is 24.2 Å². The molecule has 118 valence electrons. The summed E-state index contributed by atoms with van der Waals surface area (Å²) < 4.78 is 0. The molecule has 0 aliphatic rings. The zero-order chi connectivity index (χ0) is 15.1. The van der Waals surface area contributed by atoms with Crippen molar-refractivity contribution in [3.8, 4) is 11.3 Å². The van der Waals surface area contributed by atoms with E-state index in [0.717, 1.165) is 12.1 Å². The van der Waals surface area contributed by atoms with Crippen molar-refractivity contribution in [3.63, 3.8) is 0 Å². The van der Waals surface area contributed by atoms with Gasteiger partial charge in [0.15, 0.2) is 0 Å². The maximum atomic E-state index is 12.0. The molecule has 1 heterocycles. The molecule has 5 nitrogen and oxygen atoms in total. The van der Waals surface area contributed by atoms with Crippen LogP contribution in [0.1, 0.15) is 17.3 Å². The molecular formula is C16H20ClN3O2. The number of amides is 1. The molecule has 1 aromatic heterocycles. The summed E-state index contributed by atoms with van der Waals surface area (Å²) in [7, 11) is 0. The van der Waals surface area contributed by atoms with Crippen LogP contribution in [0.2, 0.25) is 0 Å². The Balaban J connectivity index is 0.00000242. The minimum atomic E-state index is -0.377. The van der Waals surface area contributed by atoms with Gasteiger partial charge in [0.25, 0.3) is 11.5 Å². The summed E-state index contributed by atoms with van der Waals surface area (Å²) in [6, 6.07) is 12.8. The van der Waals surface area contributed by atoms with Gasteiger partial charge in [0.2, 0.25) is 0 Å². The number of benzene rings is 1. The highest BCUT2D eigenvalue weighted by molar-refractivity contribution is 5.94. The van der Waals surface area contributed by atoms with Gasteiger partial charge in [0, 0.05) is 18.8 Å². The lowest BCUT2D eigenvalue weighted by Crippen LogP contribution is -2.34. The standard InChI is InChI=1S/C16H19N3O2.ClH/c1-2-17-10-11-18-15(20)13-8-9-14(19-16(13)21)12-6-4-3-5-7-12;/h3-9,17H,2,10-11H2,1H3,(H,18,20)(H,19,21);1H. The third-order valence-electron chi connectivity index (χ3n) is 3.08. The Morgan fingerprint density at radius 2 is 1.82 bits per heavy atom. The molecule has 0 radical (unpaired) electrons. The second-order valence-corrected chi connectivity index (χ2v) is 4.59. The fourth-order valence-electron chi connectivity index (χ4n) is 1.97. The van der Waals surface area contributed by atoms with E-state index in [1.54, 1.807) is 12.1 Å². The lowest BCUT2D eigenvalue weighted by molar-refractivity contribution is 0.0952. The number of carbonyl (C=O) groups is 1. The van der Waals surface area contributed by atoms with E-state index in [-0.39, 0.29) is 29.4 Å². The van der Waals surface area contributed by atoms with Crippen molar-refractivity contribution in [2.75, 3.05) is 19.6 Å². The number of H-pyrrole nitrogens is 1. The van der Waals surface area contributed by atoms with Gasteiger partial charge >= 0.3 is 0 Å². The van der Waals surface area contributed by atoms with Crippen LogP contribution in [0, 0.1) is 0 Å². The molecule has 0 aliphatic carbocycles. The van der Waals surface area contributed by atoms with E-state index < -0.39 is 0 Å². The normalized spacial score (nSPS) is 9.86. The first-order valence-electron chi connectivity index (χ1n) is 7.00. The molecule has 6 heteroatoms. The molecule has 3 N–H and O–H groups in total. The highest BCUT2D eigenvalue weighted by Gasteiger charge is 2.10. The summed E-state index contributed by atoms with van der Waals surface area (Å²) in [5, 5.41) is 5.81. The molecule has 2 aromatic rings. The fourth-order valence-corrected chi connectivity index (χ4v) is 1.97. The SMILES string of the molecule is CCNCCNC(=O)c1ccc(-c2ccccc2)[nH]c1=O.Cl. The quantitative estimate of drug-likeness (QED) is 0.710. The van der Waals surface area contributed by atoms with Crippen LogP contribution < -0.4 is 16.2 Å². The van der Waals surface area contributed by atoms with Crippen molar-refractivity contribution in [2.45, 2.75) is 6.92 Å². The number of likely N-dealkylation sites (N-methyl/N-ethyl adjacent to an activating group) is 1. The Hall–Kier alpha value is -2.11. The van der Waals surface area contributed by atoms with Crippen molar-refractivity contribution in [1.29, 1.82) is 0 Å². The number of aromatic nitrogens is 1. The van der Waals surface area contributed by atoms with Crippen molar-refractivity contribution in [1.82, 2.24) is 15.6 Å². The predicted octanol–water partition coefficient (Wildman–Crippen LogP) is 1.80. The lowest BCUT2D eigenvalue weighted by Gasteiger charge is -2.06. The molecule has 0 atom stereocenters. The van der Waals surface area contributed by atoms with Crippen LogP contribution in [0.25, 0.3) is 11.3 Å². The number of halogens is 1. The van der Waals surface area contributed by atoms with Crippen LogP contribution in [0.4, 0.5) is 0 Å². The molecular weight excluding hydrogens is 302 g/mol. The van der Waals surface area contributed by atoms with Crippen LogP contribution >= 0.6 is 12.4 Å². The highest BCUT2D eigenvalue weighted by atomic mass is 35.5. The Kier molecular flexibility index (Phi) is 7.36. The second kappa shape index (κ2) is 9.02. The molecule has 22 heavy (non-hydrogen) atoms. The van der Waals surface area contributed by atoms with Gasteiger partial charge in [0.1, 0.15) is 5.56 Å². The van der Waals surface area contributed by atoms with E-state index in [2.05, 4.69) is 15.6 Å². The predicted molar refractivity (Wildman–Crippen MR) is 90.6 cm³/mol. The van der Waals surface area contributed by atoms with Gasteiger partial charge in [-0.3, -0.25) is 9.59 Å². The number of aromatic amines is 1. The van der Waals surface area contributed by atoms with Gasteiger partial charge in [0.05, 0.1) is 0 Å². The lowest BCUT2D eigenvalue weighted by atomic mass is 10.1. The number of carbonyl (C=O) groups excluding carboxylic acids is 1. The van der Waals surface area contributed by atoms with Gasteiger partial charge in [-0.2, -0.15) is 0 Å². The number of hydrogen-bond acceptors (Lipinski definition) is 3. The molecule has 0 bridgehead atoms. The van der Waals surface area contributed by atoms with Gasteiger partial charge in [-0.15, -0.1) is 12.4 Å². The first-order valence-corrected chi connectivity index (χ1v) is 7.00. The monoisotopic (exact) mass is 321 g/mol. The summed E-state index contributed by atoms with van der Waals surface area (Å²) in [5.41, 5.74) is 1.36. The molecule has 0 aliphatic heterocycles. The number of nitrogens with one attached hydrogen (secondary N) is 3. The van der Waals surface area contributed by atoms with Crippen LogP contribution in [0.15, 0.2) is 47.3 Å². The molecule has 0 spiro atoms. The minimum absolute atomic E-state index is 0. The molecule has 2 rings (SSSR count).